The molecule has 28 heavy (non-hydrogen) atoms. The number of carbonyl (C=O) groups is 1. The van der Waals surface area contributed by atoms with Crippen LogP contribution in [-0.4, -0.2) is 15.9 Å². The predicted molar refractivity (Wildman–Crippen MR) is 102 cm³/mol. The summed E-state index contributed by atoms with van der Waals surface area (Å²) in [5.74, 6) is -1.94. The van der Waals surface area contributed by atoms with E-state index in [1.165, 1.54) is 11.8 Å². The molecule has 4 rings (SSSR count). The molecule has 1 unspecified atom stereocenters. The fraction of sp³-hybridized carbons (Fsp3) is 0.150. The first kappa shape index (κ1) is 18.4. The Balaban J connectivity index is 1.70. The molecule has 2 N–H and O–H groups in total. The fourth-order valence-electron chi connectivity index (χ4n) is 3.19. The monoisotopic (exact) mass is 399 g/mol. The van der Waals surface area contributed by atoms with Gasteiger partial charge in [0.1, 0.15) is 17.5 Å². The molecule has 1 aliphatic heterocycles. The van der Waals surface area contributed by atoms with Gasteiger partial charge in [-0.05, 0) is 29.3 Å². The first-order valence-corrected chi connectivity index (χ1v) is 9.55. The van der Waals surface area contributed by atoms with Crippen molar-refractivity contribution in [1.29, 1.82) is 0 Å². The quantitative estimate of drug-likeness (QED) is 0.517. The summed E-state index contributed by atoms with van der Waals surface area (Å²) in [6, 6.07) is 12.6. The van der Waals surface area contributed by atoms with Crippen molar-refractivity contribution in [2.75, 3.05) is 5.32 Å². The van der Waals surface area contributed by atoms with Crippen LogP contribution in [-0.2, 0) is 10.5 Å². The second-order valence-electron chi connectivity index (χ2n) is 6.38. The topological polar surface area (TPSA) is 74.8 Å². The summed E-state index contributed by atoms with van der Waals surface area (Å²) in [5, 5.41) is 2.91. The molecule has 2 heterocycles. The van der Waals surface area contributed by atoms with Crippen LogP contribution in [0.1, 0.15) is 29.0 Å². The predicted octanol–water partition coefficient (Wildman–Crippen LogP) is 3.81. The molecule has 2 aromatic carbocycles. The average molecular weight is 399 g/mol. The number of H-pyrrole nitrogens is 1. The summed E-state index contributed by atoms with van der Waals surface area (Å²) in [4.78, 5) is 31.8. The second-order valence-corrected chi connectivity index (χ2v) is 7.34. The van der Waals surface area contributed by atoms with Gasteiger partial charge in [-0.2, -0.15) is 0 Å². The van der Waals surface area contributed by atoms with Gasteiger partial charge in [-0.15, -0.1) is 0 Å². The smallest absolute Gasteiger partial charge is 0.257 e. The summed E-state index contributed by atoms with van der Waals surface area (Å²) in [5.41, 5.74) is 0.673. The number of carbonyl (C=O) groups excluding carboxylic acids is 1. The van der Waals surface area contributed by atoms with Crippen LogP contribution in [0.2, 0.25) is 0 Å². The first-order chi connectivity index (χ1) is 13.5. The maximum atomic E-state index is 14.3. The summed E-state index contributed by atoms with van der Waals surface area (Å²) >= 11 is 1.31. The van der Waals surface area contributed by atoms with Crippen molar-refractivity contribution in [2.24, 2.45) is 0 Å². The van der Waals surface area contributed by atoms with Crippen LogP contribution < -0.4 is 10.9 Å². The van der Waals surface area contributed by atoms with Crippen molar-refractivity contribution in [1.82, 2.24) is 9.97 Å². The van der Waals surface area contributed by atoms with E-state index in [2.05, 4.69) is 15.3 Å². The van der Waals surface area contributed by atoms with Gasteiger partial charge < -0.3 is 10.3 Å². The largest absolute Gasteiger partial charge is 0.310 e. The van der Waals surface area contributed by atoms with Crippen LogP contribution in [0.4, 0.5) is 14.6 Å². The lowest BCUT2D eigenvalue weighted by Gasteiger charge is -2.24. The van der Waals surface area contributed by atoms with E-state index in [9.17, 15) is 18.4 Å². The lowest BCUT2D eigenvalue weighted by atomic mass is 9.86. The molecule has 142 valence electrons. The number of anilines is 1. The number of nitrogens with zero attached hydrogens (tertiary/aromatic N) is 1. The van der Waals surface area contributed by atoms with E-state index in [-0.39, 0.29) is 23.4 Å². The maximum absolute atomic E-state index is 14.3. The third-order valence-electron chi connectivity index (χ3n) is 4.48. The molecule has 1 aromatic heterocycles. The zero-order valence-corrected chi connectivity index (χ0v) is 15.4. The highest BCUT2D eigenvalue weighted by Gasteiger charge is 2.32. The van der Waals surface area contributed by atoms with Crippen LogP contribution >= 0.6 is 11.8 Å². The number of halogens is 2. The van der Waals surface area contributed by atoms with Crippen molar-refractivity contribution >= 4 is 23.5 Å². The van der Waals surface area contributed by atoms with Crippen molar-refractivity contribution in [2.45, 2.75) is 23.2 Å². The molecule has 0 spiro atoms. The number of aromatic amines is 1. The molecule has 0 aliphatic carbocycles. The third-order valence-corrected chi connectivity index (χ3v) is 5.43. The molecule has 5 nitrogen and oxygen atoms in total. The number of nitrogens with one attached hydrogen (secondary N) is 2. The highest BCUT2D eigenvalue weighted by Crippen LogP contribution is 2.36. The number of hydrogen-bond donors (Lipinski definition) is 2. The Morgan fingerprint density at radius 1 is 1.11 bits per heavy atom. The molecule has 0 saturated heterocycles. The standard InChI is InChI=1S/C20H15F2N3O2S/c21-12-6-7-15(22)13(8-12)14-9-16(26)23-18-17(14)19(27)25-20(24-18)28-10-11-4-2-1-3-5-11/h1-8,14H,9-10H2,(H2,23,24,25,26,27). The van der Waals surface area contributed by atoms with Gasteiger partial charge in [0.05, 0.1) is 5.56 Å². The average Bonchev–Trinajstić information content (AvgIpc) is 2.68. The van der Waals surface area contributed by atoms with Crippen LogP contribution in [0, 0.1) is 11.6 Å². The van der Waals surface area contributed by atoms with Crippen molar-refractivity contribution in [3.05, 3.63) is 87.2 Å². The van der Waals surface area contributed by atoms with E-state index in [0.29, 0.717) is 10.9 Å². The fourth-order valence-corrected chi connectivity index (χ4v) is 4.01. The van der Waals surface area contributed by atoms with Crippen LogP contribution in [0.5, 0.6) is 0 Å². The van der Waals surface area contributed by atoms with Crippen LogP contribution in [0.3, 0.4) is 0 Å². The Morgan fingerprint density at radius 2 is 1.89 bits per heavy atom. The van der Waals surface area contributed by atoms with E-state index in [0.717, 1.165) is 23.8 Å². The van der Waals surface area contributed by atoms with Gasteiger partial charge >= 0.3 is 0 Å². The zero-order chi connectivity index (χ0) is 19.7. The van der Waals surface area contributed by atoms with Gasteiger partial charge in [0, 0.05) is 18.1 Å². The Hall–Kier alpha value is -3.00. The minimum Gasteiger partial charge on any atom is -0.310 e. The minimum atomic E-state index is -0.899. The molecule has 0 fully saturated rings. The normalized spacial score (nSPS) is 15.8. The molecule has 0 radical (unpaired) electrons. The van der Waals surface area contributed by atoms with Gasteiger partial charge in [0.15, 0.2) is 5.16 Å². The third kappa shape index (κ3) is 3.68. The number of fused-ring (bicyclic) bond motifs is 1. The molecule has 1 aliphatic rings. The number of benzene rings is 2. The van der Waals surface area contributed by atoms with Crippen molar-refractivity contribution in [3.63, 3.8) is 0 Å². The van der Waals surface area contributed by atoms with E-state index in [4.69, 9.17) is 0 Å². The summed E-state index contributed by atoms with van der Waals surface area (Å²) in [6.45, 7) is 0. The van der Waals surface area contributed by atoms with Gasteiger partial charge in [-0.1, -0.05) is 42.1 Å². The first-order valence-electron chi connectivity index (χ1n) is 8.57. The molecule has 0 bridgehead atoms. The van der Waals surface area contributed by atoms with E-state index in [1.807, 2.05) is 30.3 Å². The molecular formula is C20H15F2N3O2S. The second kappa shape index (κ2) is 7.55. The van der Waals surface area contributed by atoms with Gasteiger partial charge in [0.25, 0.3) is 5.56 Å². The zero-order valence-electron chi connectivity index (χ0n) is 14.5. The minimum absolute atomic E-state index is 0.0342. The Labute approximate surface area is 163 Å². The van der Waals surface area contributed by atoms with Crippen molar-refractivity contribution in [3.8, 4) is 0 Å². The number of thioether (sulfide) groups is 1. The molecule has 8 heteroatoms. The Morgan fingerprint density at radius 3 is 2.68 bits per heavy atom. The highest BCUT2D eigenvalue weighted by atomic mass is 32.2. The molecule has 3 aromatic rings. The van der Waals surface area contributed by atoms with Gasteiger partial charge in [0.2, 0.25) is 5.91 Å². The van der Waals surface area contributed by atoms with Crippen LogP contribution in [0.15, 0.2) is 58.5 Å². The number of rotatable bonds is 4. The molecule has 1 atom stereocenters. The summed E-state index contributed by atoms with van der Waals surface area (Å²) in [6.07, 6.45) is -0.158. The molecule has 0 saturated carbocycles. The Kier molecular flexibility index (Phi) is 4.95. The SMILES string of the molecule is O=C1CC(c2cc(F)ccc2F)c2c(nc(SCc3ccccc3)[nH]c2=O)N1. The Bertz CT molecular complexity index is 1100. The highest BCUT2D eigenvalue weighted by molar-refractivity contribution is 7.98. The lowest BCUT2D eigenvalue weighted by molar-refractivity contribution is -0.116. The van der Waals surface area contributed by atoms with Gasteiger partial charge in [-0.3, -0.25) is 9.59 Å². The summed E-state index contributed by atoms with van der Waals surface area (Å²) in [7, 11) is 0. The van der Waals surface area contributed by atoms with Gasteiger partial charge in [-0.25, -0.2) is 13.8 Å². The maximum Gasteiger partial charge on any atom is 0.257 e. The summed E-state index contributed by atoms with van der Waals surface area (Å²) < 4.78 is 27.9. The number of amides is 1. The van der Waals surface area contributed by atoms with E-state index < -0.39 is 29.0 Å². The van der Waals surface area contributed by atoms with E-state index >= 15 is 0 Å². The van der Waals surface area contributed by atoms with E-state index in [1.54, 1.807) is 0 Å². The van der Waals surface area contributed by atoms with Crippen LogP contribution in [0.25, 0.3) is 0 Å². The van der Waals surface area contributed by atoms with Crippen molar-refractivity contribution < 1.29 is 13.6 Å². The molecular weight excluding hydrogens is 384 g/mol. The number of hydrogen-bond acceptors (Lipinski definition) is 4. The molecule has 1 amide bonds. The lowest BCUT2D eigenvalue weighted by Crippen LogP contribution is -2.31. The number of aromatic nitrogens is 2.